The lowest BCUT2D eigenvalue weighted by Gasteiger charge is -2.19. The van der Waals surface area contributed by atoms with Gasteiger partial charge in [-0.1, -0.05) is 53.5 Å². The molecule has 0 spiro atoms. The molecule has 9 heteroatoms. The first-order valence-electron chi connectivity index (χ1n) is 8.87. The molecule has 1 aromatic heterocycles. The van der Waals surface area contributed by atoms with Gasteiger partial charge in [0.05, 0.1) is 26.8 Å². The number of ether oxygens (including phenoxy) is 1. The molecule has 0 radical (unpaired) electrons. The minimum Gasteiger partial charge on any atom is -0.480 e. The number of hydrogen-bond donors (Lipinski definition) is 1. The summed E-state index contributed by atoms with van der Waals surface area (Å²) in [6.45, 7) is -0.443. The van der Waals surface area contributed by atoms with E-state index in [0.717, 1.165) is 5.56 Å². The Morgan fingerprint density at radius 1 is 1.07 bits per heavy atom. The van der Waals surface area contributed by atoms with Gasteiger partial charge in [0.25, 0.3) is 0 Å². The van der Waals surface area contributed by atoms with E-state index in [-0.39, 0.29) is 28.0 Å². The summed E-state index contributed by atoms with van der Waals surface area (Å²) in [6.07, 6.45) is 0.242. The molecular formula is C21H18Cl2O5S2. The molecule has 0 saturated heterocycles. The maximum absolute atomic E-state index is 13.6. The van der Waals surface area contributed by atoms with Crippen LogP contribution in [0.25, 0.3) is 0 Å². The normalized spacial score (nSPS) is 12.6. The smallest absolute Gasteiger partial charge is 0.329 e. The Kier molecular flexibility index (Phi) is 7.55. The number of sulfone groups is 1. The van der Waals surface area contributed by atoms with Gasteiger partial charge < -0.3 is 9.84 Å². The fourth-order valence-corrected chi connectivity index (χ4v) is 6.17. The molecule has 1 N–H and O–H groups in total. The predicted molar refractivity (Wildman–Crippen MR) is 118 cm³/mol. The summed E-state index contributed by atoms with van der Waals surface area (Å²) < 4.78 is 32.4. The van der Waals surface area contributed by atoms with Crippen molar-refractivity contribution in [3.05, 3.63) is 86.0 Å². The largest absolute Gasteiger partial charge is 0.480 e. The monoisotopic (exact) mass is 484 g/mol. The van der Waals surface area contributed by atoms with Gasteiger partial charge in [0, 0.05) is 4.88 Å². The molecule has 30 heavy (non-hydrogen) atoms. The van der Waals surface area contributed by atoms with Crippen LogP contribution in [-0.2, 0) is 32.4 Å². The van der Waals surface area contributed by atoms with Crippen LogP contribution in [-0.4, -0.2) is 26.1 Å². The molecule has 158 valence electrons. The van der Waals surface area contributed by atoms with Crippen LogP contribution in [0.4, 0.5) is 0 Å². The molecule has 0 bridgehead atoms. The second-order valence-corrected chi connectivity index (χ2v) is 10.4. The van der Waals surface area contributed by atoms with Crippen molar-refractivity contribution < 1.29 is 23.1 Å². The van der Waals surface area contributed by atoms with Crippen LogP contribution in [0.2, 0.25) is 10.0 Å². The number of carbonyl (C=O) groups is 1. The van der Waals surface area contributed by atoms with Gasteiger partial charge in [0.2, 0.25) is 0 Å². The molecule has 1 heterocycles. The predicted octanol–water partition coefficient (Wildman–Crippen LogP) is 5.41. The first-order valence-corrected chi connectivity index (χ1v) is 12.1. The van der Waals surface area contributed by atoms with Crippen molar-refractivity contribution in [1.82, 2.24) is 0 Å². The Labute approximate surface area is 188 Å². The van der Waals surface area contributed by atoms with Crippen molar-refractivity contribution in [1.29, 1.82) is 0 Å². The summed E-state index contributed by atoms with van der Waals surface area (Å²) in [5.74, 6) is -1.09. The van der Waals surface area contributed by atoms with E-state index in [9.17, 15) is 13.2 Å². The van der Waals surface area contributed by atoms with Gasteiger partial charge in [0.1, 0.15) is 6.61 Å². The van der Waals surface area contributed by atoms with E-state index in [1.165, 1.54) is 29.5 Å². The first kappa shape index (κ1) is 22.8. The first-order chi connectivity index (χ1) is 14.3. The van der Waals surface area contributed by atoms with Crippen LogP contribution in [0.5, 0.6) is 0 Å². The Morgan fingerprint density at radius 2 is 1.80 bits per heavy atom. The van der Waals surface area contributed by atoms with Gasteiger partial charge in [-0.05, 0) is 47.2 Å². The maximum Gasteiger partial charge on any atom is 0.329 e. The van der Waals surface area contributed by atoms with E-state index in [4.69, 9.17) is 33.0 Å². The van der Waals surface area contributed by atoms with Crippen molar-refractivity contribution in [2.24, 2.45) is 0 Å². The molecule has 0 aliphatic rings. The fraction of sp³-hybridized carbons (Fsp3) is 0.190. The maximum atomic E-state index is 13.6. The molecule has 2 aromatic carbocycles. The Hall–Kier alpha value is -1.90. The third-order valence-electron chi connectivity index (χ3n) is 4.44. The lowest BCUT2D eigenvalue weighted by atomic mass is 10.0. The molecule has 0 aliphatic heterocycles. The number of carboxylic acids is 1. The van der Waals surface area contributed by atoms with Crippen molar-refractivity contribution in [2.75, 3.05) is 6.61 Å². The van der Waals surface area contributed by atoms with Crippen LogP contribution in [0.15, 0.2) is 64.9 Å². The molecule has 5 nitrogen and oxygen atoms in total. The quantitative estimate of drug-likeness (QED) is 0.438. The highest BCUT2D eigenvalue weighted by molar-refractivity contribution is 7.91. The highest BCUT2D eigenvalue weighted by atomic mass is 35.5. The summed E-state index contributed by atoms with van der Waals surface area (Å²) in [5.41, 5.74) is 1.44. The number of rotatable bonds is 9. The molecule has 1 unspecified atom stereocenters. The molecule has 3 rings (SSSR count). The number of hydrogen-bond acceptors (Lipinski definition) is 5. The van der Waals surface area contributed by atoms with E-state index < -0.39 is 27.7 Å². The van der Waals surface area contributed by atoms with Crippen LogP contribution < -0.4 is 0 Å². The van der Waals surface area contributed by atoms with Crippen LogP contribution in [0, 0.1) is 0 Å². The zero-order chi connectivity index (χ0) is 21.7. The highest BCUT2D eigenvalue weighted by Crippen LogP contribution is 2.38. The summed E-state index contributed by atoms with van der Waals surface area (Å²) in [6, 6.07) is 15.3. The number of carboxylic acid groups (broad SMARTS) is 1. The molecule has 0 amide bonds. The van der Waals surface area contributed by atoms with Gasteiger partial charge in [0.15, 0.2) is 9.84 Å². The van der Waals surface area contributed by atoms with Crippen molar-refractivity contribution >= 4 is 50.3 Å². The van der Waals surface area contributed by atoms with E-state index in [1.54, 1.807) is 11.4 Å². The summed E-state index contributed by atoms with van der Waals surface area (Å²) >= 11 is 13.4. The highest BCUT2D eigenvalue weighted by Gasteiger charge is 2.32. The van der Waals surface area contributed by atoms with E-state index in [1.807, 2.05) is 30.3 Å². The standard InChI is InChI=1S/C21H18Cl2O5S2/c22-17-7-6-15(11-18(17)23)30(26,27)20(10-14-4-2-1-3-5-14)16-8-9-29-19(16)12-28-13-21(24)25/h1-9,11,20H,10,12-13H2,(H,24,25). The van der Waals surface area contributed by atoms with Gasteiger partial charge >= 0.3 is 5.97 Å². The molecule has 3 aromatic rings. The molecule has 0 fully saturated rings. The van der Waals surface area contributed by atoms with Gasteiger partial charge in [-0.25, -0.2) is 13.2 Å². The Morgan fingerprint density at radius 3 is 2.47 bits per heavy atom. The zero-order valence-corrected chi connectivity index (χ0v) is 18.8. The van der Waals surface area contributed by atoms with Gasteiger partial charge in [-0.2, -0.15) is 0 Å². The topological polar surface area (TPSA) is 80.7 Å². The third-order valence-corrected chi connectivity index (χ3v) is 8.17. The lowest BCUT2D eigenvalue weighted by Crippen LogP contribution is -2.18. The summed E-state index contributed by atoms with van der Waals surface area (Å²) in [4.78, 5) is 11.5. The van der Waals surface area contributed by atoms with Gasteiger partial charge in [-0.15, -0.1) is 11.3 Å². The Balaban J connectivity index is 2.02. The average Bonchev–Trinajstić information content (AvgIpc) is 3.16. The van der Waals surface area contributed by atoms with E-state index in [2.05, 4.69) is 0 Å². The van der Waals surface area contributed by atoms with Crippen molar-refractivity contribution in [3.63, 3.8) is 0 Å². The minimum atomic E-state index is -3.83. The SMILES string of the molecule is O=C(O)COCc1sccc1C(Cc1ccccc1)S(=O)(=O)c1ccc(Cl)c(Cl)c1. The zero-order valence-electron chi connectivity index (χ0n) is 15.6. The molecule has 1 atom stereocenters. The number of thiophene rings is 1. The third kappa shape index (κ3) is 5.42. The van der Waals surface area contributed by atoms with Crippen LogP contribution in [0.1, 0.15) is 21.3 Å². The minimum absolute atomic E-state index is 0.0154. The molecule has 0 saturated carbocycles. The number of aliphatic carboxylic acids is 1. The summed E-state index contributed by atoms with van der Waals surface area (Å²) in [5, 5.41) is 10.1. The molecular weight excluding hydrogens is 467 g/mol. The number of benzene rings is 2. The lowest BCUT2D eigenvalue weighted by molar-refractivity contribution is -0.142. The Bertz CT molecular complexity index is 1130. The van der Waals surface area contributed by atoms with E-state index in [0.29, 0.717) is 10.4 Å². The van der Waals surface area contributed by atoms with Gasteiger partial charge in [-0.3, -0.25) is 0 Å². The van der Waals surface area contributed by atoms with Crippen LogP contribution >= 0.6 is 34.5 Å². The van der Waals surface area contributed by atoms with Crippen LogP contribution in [0.3, 0.4) is 0 Å². The second-order valence-electron chi connectivity index (χ2n) is 6.48. The molecule has 0 aliphatic carbocycles. The number of halogens is 2. The van der Waals surface area contributed by atoms with Crippen molar-refractivity contribution in [3.8, 4) is 0 Å². The average molecular weight is 485 g/mol. The van der Waals surface area contributed by atoms with E-state index >= 15 is 0 Å². The van der Waals surface area contributed by atoms with Crippen molar-refractivity contribution in [2.45, 2.75) is 23.2 Å². The summed E-state index contributed by atoms with van der Waals surface area (Å²) in [7, 11) is -3.83. The second kappa shape index (κ2) is 9.94. The fourth-order valence-electron chi connectivity index (χ4n) is 3.02.